The van der Waals surface area contributed by atoms with Crippen molar-refractivity contribution in [2.75, 3.05) is 6.54 Å². The number of rotatable bonds is 4. The first-order chi connectivity index (χ1) is 8.12. The molecule has 0 heterocycles. The highest BCUT2D eigenvalue weighted by Gasteiger charge is 2.32. The van der Waals surface area contributed by atoms with E-state index in [0.717, 1.165) is 19.4 Å². The predicted octanol–water partition coefficient (Wildman–Crippen LogP) is 3.58. The number of benzene rings is 1. The first kappa shape index (κ1) is 12.4. The zero-order chi connectivity index (χ0) is 12.3. The van der Waals surface area contributed by atoms with Crippen molar-refractivity contribution >= 4 is 0 Å². The van der Waals surface area contributed by atoms with Gasteiger partial charge in [0.05, 0.1) is 0 Å². The Morgan fingerprint density at radius 1 is 1.24 bits per heavy atom. The Morgan fingerprint density at radius 3 is 2.53 bits per heavy atom. The van der Waals surface area contributed by atoms with Gasteiger partial charge in [-0.2, -0.15) is 0 Å². The van der Waals surface area contributed by atoms with Crippen molar-refractivity contribution in [3.8, 4) is 0 Å². The number of hydrogen-bond donors (Lipinski definition) is 1. The van der Waals surface area contributed by atoms with Gasteiger partial charge in [0.1, 0.15) is 0 Å². The van der Waals surface area contributed by atoms with Crippen LogP contribution in [0.15, 0.2) is 36.4 Å². The molecule has 0 radical (unpaired) electrons. The largest absolute Gasteiger partial charge is 0.314 e. The standard InChI is InChI=1S/C16H23N/c1-13(2)17-12-16(9-4-5-10-16)15-8-6-7-14(3)11-15/h4-8,11,13,17H,9-10,12H2,1-3H3. The Labute approximate surface area is 105 Å². The molecule has 0 bridgehead atoms. The fourth-order valence-corrected chi connectivity index (χ4v) is 2.56. The van der Waals surface area contributed by atoms with Gasteiger partial charge in [-0.1, -0.05) is 55.8 Å². The highest BCUT2D eigenvalue weighted by atomic mass is 14.9. The highest BCUT2D eigenvalue weighted by Crippen LogP contribution is 2.36. The van der Waals surface area contributed by atoms with Crippen LogP contribution >= 0.6 is 0 Å². The van der Waals surface area contributed by atoms with Crippen molar-refractivity contribution in [1.82, 2.24) is 5.32 Å². The molecule has 0 unspecified atom stereocenters. The molecule has 1 aliphatic carbocycles. The number of allylic oxidation sites excluding steroid dienone is 2. The van der Waals surface area contributed by atoms with Crippen molar-refractivity contribution in [2.45, 2.75) is 45.1 Å². The van der Waals surface area contributed by atoms with E-state index in [2.05, 4.69) is 62.5 Å². The Bertz CT molecular complexity index is 396. The minimum absolute atomic E-state index is 0.288. The van der Waals surface area contributed by atoms with Crippen LogP contribution in [0.2, 0.25) is 0 Å². The van der Waals surface area contributed by atoms with Gasteiger partial charge in [0, 0.05) is 18.0 Å². The number of nitrogens with one attached hydrogen (secondary N) is 1. The molecule has 0 saturated heterocycles. The van der Waals surface area contributed by atoms with Crippen LogP contribution in [0.25, 0.3) is 0 Å². The molecule has 1 nitrogen and oxygen atoms in total. The smallest absolute Gasteiger partial charge is 0.0147 e. The summed E-state index contributed by atoms with van der Waals surface area (Å²) in [6.07, 6.45) is 6.97. The Hall–Kier alpha value is -1.08. The SMILES string of the molecule is Cc1cccc(C2(CNC(C)C)CC=CC2)c1. The first-order valence-electron chi connectivity index (χ1n) is 6.58. The van der Waals surface area contributed by atoms with Gasteiger partial charge >= 0.3 is 0 Å². The van der Waals surface area contributed by atoms with Crippen molar-refractivity contribution in [3.05, 3.63) is 47.5 Å². The van der Waals surface area contributed by atoms with Crippen LogP contribution in [0.4, 0.5) is 0 Å². The van der Waals surface area contributed by atoms with Crippen LogP contribution in [0, 0.1) is 6.92 Å². The third-order valence-corrected chi connectivity index (χ3v) is 3.66. The lowest BCUT2D eigenvalue weighted by Gasteiger charge is -2.31. The second-order valence-corrected chi connectivity index (χ2v) is 5.57. The Balaban J connectivity index is 2.22. The van der Waals surface area contributed by atoms with E-state index in [9.17, 15) is 0 Å². The van der Waals surface area contributed by atoms with Gasteiger partial charge in [0.2, 0.25) is 0 Å². The third-order valence-electron chi connectivity index (χ3n) is 3.66. The molecule has 17 heavy (non-hydrogen) atoms. The minimum atomic E-state index is 0.288. The lowest BCUT2D eigenvalue weighted by atomic mass is 9.77. The molecule has 0 amide bonds. The molecule has 0 aromatic heterocycles. The predicted molar refractivity (Wildman–Crippen MR) is 74.4 cm³/mol. The highest BCUT2D eigenvalue weighted by molar-refractivity contribution is 5.33. The van der Waals surface area contributed by atoms with Gasteiger partial charge in [-0.15, -0.1) is 0 Å². The van der Waals surface area contributed by atoms with Gasteiger partial charge < -0.3 is 5.32 Å². The van der Waals surface area contributed by atoms with Crippen molar-refractivity contribution in [2.24, 2.45) is 0 Å². The van der Waals surface area contributed by atoms with E-state index in [0.29, 0.717) is 6.04 Å². The summed E-state index contributed by atoms with van der Waals surface area (Å²) in [7, 11) is 0. The van der Waals surface area contributed by atoms with Gasteiger partial charge in [-0.25, -0.2) is 0 Å². The second-order valence-electron chi connectivity index (χ2n) is 5.57. The van der Waals surface area contributed by atoms with Crippen LogP contribution in [0.3, 0.4) is 0 Å². The van der Waals surface area contributed by atoms with E-state index in [4.69, 9.17) is 0 Å². The van der Waals surface area contributed by atoms with Gasteiger partial charge in [-0.3, -0.25) is 0 Å². The zero-order valence-electron chi connectivity index (χ0n) is 11.2. The van der Waals surface area contributed by atoms with Gasteiger partial charge in [-0.05, 0) is 25.3 Å². The second kappa shape index (κ2) is 5.05. The molecule has 0 aliphatic heterocycles. The summed E-state index contributed by atoms with van der Waals surface area (Å²) in [5.41, 5.74) is 3.13. The first-order valence-corrected chi connectivity index (χ1v) is 6.58. The minimum Gasteiger partial charge on any atom is -0.314 e. The summed E-state index contributed by atoms with van der Waals surface area (Å²) in [6, 6.07) is 9.53. The topological polar surface area (TPSA) is 12.0 Å². The van der Waals surface area contributed by atoms with E-state index in [1.807, 2.05) is 0 Å². The number of aryl methyl sites for hydroxylation is 1. The quantitative estimate of drug-likeness (QED) is 0.778. The Kier molecular flexibility index (Phi) is 3.68. The van der Waals surface area contributed by atoms with E-state index in [1.165, 1.54) is 11.1 Å². The molecule has 0 fully saturated rings. The summed E-state index contributed by atoms with van der Waals surface area (Å²) >= 11 is 0. The van der Waals surface area contributed by atoms with E-state index in [-0.39, 0.29) is 5.41 Å². The van der Waals surface area contributed by atoms with Gasteiger partial charge in [0.15, 0.2) is 0 Å². The van der Waals surface area contributed by atoms with Crippen molar-refractivity contribution in [1.29, 1.82) is 0 Å². The summed E-state index contributed by atoms with van der Waals surface area (Å²) in [5, 5.41) is 3.61. The molecule has 1 aliphatic rings. The maximum atomic E-state index is 3.61. The zero-order valence-corrected chi connectivity index (χ0v) is 11.2. The molecule has 0 saturated carbocycles. The van der Waals surface area contributed by atoms with Crippen LogP contribution in [0.5, 0.6) is 0 Å². The molecule has 0 spiro atoms. The third kappa shape index (κ3) is 2.78. The lowest BCUT2D eigenvalue weighted by molar-refractivity contribution is 0.399. The van der Waals surface area contributed by atoms with Crippen molar-refractivity contribution in [3.63, 3.8) is 0 Å². The van der Waals surface area contributed by atoms with E-state index in [1.54, 1.807) is 0 Å². The maximum absolute atomic E-state index is 3.61. The van der Waals surface area contributed by atoms with Crippen LogP contribution in [-0.4, -0.2) is 12.6 Å². The average molecular weight is 229 g/mol. The van der Waals surface area contributed by atoms with E-state index >= 15 is 0 Å². The molecule has 2 rings (SSSR count). The number of hydrogen-bond acceptors (Lipinski definition) is 1. The molecular weight excluding hydrogens is 206 g/mol. The monoisotopic (exact) mass is 229 g/mol. The summed E-state index contributed by atoms with van der Waals surface area (Å²) < 4.78 is 0. The van der Waals surface area contributed by atoms with E-state index < -0.39 is 0 Å². The van der Waals surface area contributed by atoms with Crippen LogP contribution < -0.4 is 5.32 Å². The molecule has 1 aromatic carbocycles. The molecule has 1 heteroatoms. The fraction of sp³-hybridized carbons (Fsp3) is 0.500. The summed E-state index contributed by atoms with van der Waals surface area (Å²) in [6.45, 7) is 7.68. The lowest BCUT2D eigenvalue weighted by Crippen LogP contribution is -2.39. The molecule has 92 valence electrons. The summed E-state index contributed by atoms with van der Waals surface area (Å²) in [5.74, 6) is 0. The van der Waals surface area contributed by atoms with Crippen LogP contribution in [0.1, 0.15) is 37.8 Å². The van der Waals surface area contributed by atoms with Crippen molar-refractivity contribution < 1.29 is 0 Å². The Morgan fingerprint density at radius 2 is 1.94 bits per heavy atom. The average Bonchev–Trinajstić information content (AvgIpc) is 2.76. The van der Waals surface area contributed by atoms with Crippen LogP contribution in [-0.2, 0) is 5.41 Å². The molecule has 1 N–H and O–H groups in total. The summed E-state index contributed by atoms with van der Waals surface area (Å²) in [4.78, 5) is 0. The fourth-order valence-electron chi connectivity index (χ4n) is 2.56. The molecule has 0 atom stereocenters. The molecule has 1 aromatic rings. The normalized spacial score (nSPS) is 17.9. The molecular formula is C16H23N. The van der Waals surface area contributed by atoms with Gasteiger partial charge in [0.25, 0.3) is 0 Å². The maximum Gasteiger partial charge on any atom is 0.0147 e.